The topological polar surface area (TPSA) is 29.9 Å². The fourth-order valence-corrected chi connectivity index (χ4v) is 1.80. The standard InChI is InChI=1S/C15H19N3/c1-3-7-13(2)16-10-14-11-17-18(12-14)15-8-5-4-6-9-15/h3-6,8-9,11-13,16H,1,7,10H2,2H3. The minimum Gasteiger partial charge on any atom is -0.310 e. The molecule has 0 aliphatic heterocycles. The van der Waals surface area contributed by atoms with Crippen molar-refractivity contribution >= 4 is 0 Å². The maximum Gasteiger partial charge on any atom is 0.0645 e. The van der Waals surface area contributed by atoms with Crippen molar-refractivity contribution in [3.63, 3.8) is 0 Å². The Kier molecular flexibility index (Phi) is 4.31. The second-order valence-electron chi connectivity index (χ2n) is 4.44. The molecule has 2 rings (SSSR count). The van der Waals surface area contributed by atoms with E-state index in [1.807, 2.05) is 47.3 Å². The molecule has 0 aliphatic carbocycles. The summed E-state index contributed by atoms with van der Waals surface area (Å²) in [7, 11) is 0. The number of nitrogens with one attached hydrogen (secondary N) is 1. The Morgan fingerprint density at radius 1 is 1.39 bits per heavy atom. The SMILES string of the molecule is C=CCC(C)NCc1cnn(-c2ccccc2)c1. The van der Waals surface area contributed by atoms with Gasteiger partial charge in [-0.05, 0) is 25.5 Å². The first kappa shape index (κ1) is 12.6. The van der Waals surface area contributed by atoms with Gasteiger partial charge in [0.15, 0.2) is 0 Å². The molecule has 0 radical (unpaired) electrons. The second kappa shape index (κ2) is 6.17. The fourth-order valence-electron chi connectivity index (χ4n) is 1.80. The first-order valence-electron chi connectivity index (χ1n) is 6.23. The summed E-state index contributed by atoms with van der Waals surface area (Å²) in [6.45, 7) is 6.73. The molecule has 18 heavy (non-hydrogen) atoms. The molecule has 3 nitrogen and oxygen atoms in total. The second-order valence-corrected chi connectivity index (χ2v) is 4.44. The van der Waals surface area contributed by atoms with E-state index in [-0.39, 0.29) is 0 Å². The highest BCUT2D eigenvalue weighted by atomic mass is 15.3. The molecular formula is C15H19N3. The largest absolute Gasteiger partial charge is 0.310 e. The van der Waals surface area contributed by atoms with Crippen molar-refractivity contribution in [2.24, 2.45) is 0 Å². The zero-order valence-corrected chi connectivity index (χ0v) is 10.7. The molecule has 2 aromatic rings. The van der Waals surface area contributed by atoms with Crippen LogP contribution in [0.4, 0.5) is 0 Å². The van der Waals surface area contributed by atoms with E-state index < -0.39 is 0 Å². The van der Waals surface area contributed by atoms with E-state index in [1.54, 1.807) is 0 Å². The maximum absolute atomic E-state index is 4.37. The molecule has 1 atom stereocenters. The van der Waals surface area contributed by atoms with Gasteiger partial charge in [0.05, 0.1) is 11.9 Å². The predicted octanol–water partition coefficient (Wildman–Crippen LogP) is 2.93. The smallest absolute Gasteiger partial charge is 0.0645 e. The number of nitrogens with zero attached hydrogens (tertiary/aromatic N) is 2. The summed E-state index contributed by atoms with van der Waals surface area (Å²) in [6.07, 6.45) is 6.88. The Labute approximate surface area is 108 Å². The molecule has 0 aliphatic rings. The van der Waals surface area contributed by atoms with E-state index >= 15 is 0 Å². The Balaban J connectivity index is 1.96. The molecule has 0 amide bonds. The summed E-state index contributed by atoms with van der Waals surface area (Å²) in [5.74, 6) is 0. The number of hydrogen-bond donors (Lipinski definition) is 1. The van der Waals surface area contributed by atoms with Crippen molar-refractivity contribution in [3.05, 3.63) is 60.9 Å². The van der Waals surface area contributed by atoms with E-state index in [4.69, 9.17) is 0 Å². The van der Waals surface area contributed by atoms with Gasteiger partial charge in [0.1, 0.15) is 0 Å². The lowest BCUT2D eigenvalue weighted by Gasteiger charge is -2.09. The first-order valence-corrected chi connectivity index (χ1v) is 6.23. The van der Waals surface area contributed by atoms with E-state index in [0.717, 1.165) is 18.7 Å². The van der Waals surface area contributed by atoms with Crippen LogP contribution in [0.1, 0.15) is 18.9 Å². The van der Waals surface area contributed by atoms with Gasteiger partial charge in [0.25, 0.3) is 0 Å². The van der Waals surface area contributed by atoms with Crippen molar-refractivity contribution in [2.75, 3.05) is 0 Å². The van der Waals surface area contributed by atoms with E-state index in [2.05, 4.69) is 30.1 Å². The van der Waals surface area contributed by atoms with Gasteiger partial charge < -0.3 is 5.32 Å². The van der Waals surface area contributed by atoms with Crippen LogP contribution in [0.15, 0.2) is 55.4 Å². The van der Waals surface area contributed by atoms with E-state index in [0.29, 0.717) is 6.04 Å². The van der Waals surface area contributed by atoms with Gasteiger partial charge in [-0.2, -0.15) is 5.10 Å². The Hall–Kier alpha value is -1.87. The highest BCUT2D eigenvalue weighted by Crippen LogP contribution is 2.07. The molecule has 1 aromatic carbocycles. The normalized spacial score (nSPS) is 12.3. The van der Waals surface area contributed by atoms with Crippen LogP contribution in [0.3, 0.4) is 0 Å². The van der Waals surface area contributed by atoms with Gasteiger partial charge in [-0.25, -0.2) is 4.68 Å². The van der Waals surface area contributed by atoms with Crippen LogP contribution in [0.5, 0.6) is 0 Å². The van der Waals surface area contributed by atoms with Crippen LogP contribution in [0, 0.1) is 0 Å². The molecule has 1 heterocycles. The average Bonchev–Trinajstić information content (AvgIpc) is 2.87. The van der Waals surface area contributed by atoms with Crippen LogP contribution in [0.25, 0.3) is 5.69 Å². The zero-order valence-electron chi connectivity index (χ0n) is 10.7. The van der Waals surface area contributed by atoms with Gasteiger partial charge in [0, 0.05) is 24.3 Å². The van der Waals surface area contributed by atoms with E-state index in [1.165, 1.54) is 5.56 Å². The molecule has 0 bridgehead atoms. The van der Waals surface area contributed by atoms with Crippen molar-refractivity contribution in [1.82, 2.24) is 15.1 Å². The molecule has 1 unspecified atom stereocenters. The Morgan fingerprint density at radius 3 is 2.89 bits per heavy atom. The first-order chi connectivity index (χ1) is 8.79. The monoisotopic (exact) mass is 241 g/mol. The third-order valence-electron chi connectivity index (χ3n) is 2.83. The average molecular weight is 241 g/mol. The van der Waals surface area contributed by atoms with Crippen LogP contribution in [-0.2, 0) is 6.54 Å². The van der Waals surface area contributed by atoms with Gasteiger partial charge in [-0.3, -0.25) is 0 Å². The highest BCUT2D eigenvalue weighted by molar-refractivity contribution is 5.30. The summed E-state index contributed by atoms with van der Waals surface area (Å²) >= 11 is 0. The minimum atomic E-state index is 0.447. The summed E-state index contributed by atoms with van der Waals surface area (Å²) in [5.41, 5.74) is 2.28. The summed E-state index contributed by atoms with van der Waals surface area (Å²) in [4.78, 5) is 0. The molecule has 1 aromatic heterocycles. The summed E-state index contributed by atoms with van der Waals surface area (Å²) in [6, 6.07) is 10.6. The van der Waals surface area contributed by atoms with Gasteiger partial charge in [0.2, 0.25) is 0 Å². The molecule has 0 spiro atoms. The summed E-state index contributed by atoms with van der Waals surface area (Å²) in [5, 5.41) is 7.81. The van der Waals surface area contributed by atoms with Gasteiger partial charge in [-0.15, -0.1) is 6.58 Å². The zero-order chi connectivity index (χ0) is 12.8. The number of para-hydroxylation sites is 1. The molecular weight excluding hydrogens is 222 g/mol. The molecule has 0 fully saturated rings. The predicted molar refractivity (Wildman–Crippen MR) is 74.7 cm³/mol. The lowest BCUT2D eigenvalue weighted by Crippen LogP contribution is -2.24. The fraction of sp³-hybridized carbons (Fsp3) is 0.267. The van der Waals surface area contributed by atoms with Crippen LogP contribution < -0.4 is 5.32 Å². The van der Waals surface area contributed by atoms with E-state index in [9.17, 15) is 0 Å². The van der Waals surface area contributed by atoms with Crippen LogP contribution >= 0.6 is 0 Å². The van der Waals surface area contributed by atoms with Gasteiger partial charge >= 0.3 is 0 Å². The molecule has 0 saturated carbocycles. The van der Waals surface area contributed by atoms with Crippen molar-refractivity contribution in [3.8, 4) is 5.69 Å². The third-order valence-corrected chi connectivity index (χ3v) is 2.83. The molecule has 94 valence electrons. The number of aromatic nitrogens is 2. The Bertz CT molecular complexity index is 487. The quantitative estimate of drug-likeness (QED) is 0.788. The highest BCUT2D eigenvalue weighted by Gasteiger charge is 2.02. The molecule has 0 saturated heterocycles. The number of rotatable bonds is 6. The minimum absolute atomic E-state index is 0.447. The third kappa shape index (κ3) is 3.31. The number of hydrogen-bond acceptors (Lipinski definition) is 2. The van der Waals surface area contributed by atoms with Gasteiger partial charge in [-0.1, -0.05) is 24.3 Å². The lowest BCUT2D eigenvalue weighted by atomic mass is 10.2. The molecule has 1 N–H and O–H groups in total. The maximum atomic E-state index is 4.37. The van der Waals surface area contributed by atoms with Crippen LogP contribution in [0.2, 0.25) is 0 Å². The summed E-state index contributed by atoms with van der Waals surface area (Å²) < 4.78 is 1.90. The number of benzene rings is 1. The van der Waals surface area contributed by atoms with Crippen molar-refractivity contribution in [1.29, 1.82) is 0 Å². The van der Waals surface area contributed by atoms with Crippen LogP contribution in [-0.4, -0.2) is 15.8 Å². The molecule has 3 heteroatoms. The van der Waals surface area contributed by atoms with Crippen molar-refractivity contribution < 1.29 is 0 Å². The van der Waals surface area contributed by atoms with Crippen molar-refractivity contribution in [2.45, 2.75) is 25.9 Å². The lowest BCUT2D eigenvalue weighted by molar-refractivity contribution is 0.554. The Morgan fingerprint density at radius 2 is 2.17 bits per heavy atom.